The Morgan fingerprint density at radius 2 is 2.19 bits per heavy atom. The fourth-order valence-corrected chi connectivity index (χ4v) is 1.64. The minimum absolute atomic E-state index is 0.590. The van der Waals surface area contributed by atoms with E-state index < -0.39 is 0 Å². The van der Waals surface area contributed by atoms with Gasteiger partial charge in [-0.05, 0) is 13.0 Å². The van der Waals surface area contributed by atoms with Crippen LogP contribution in [0.1, 0.15) is 18.3 Å². The van der Waals surface area contributed by atoms with Gasteiger partial charge in [0, 0.05) is 13.5 Å². The van der Waals surface area contributed by atoms with E-state index in [1.54, 1.807) is 9.36 Å². The molecule has 6 nitrogen and oxygen atoms in total. The summed E-state index contributed by atoms with van der Waals surface area (Å²) in [5.41, 5.74) is 8.39. The average molecular weight is 220 g/mol. The van der Waals surface area contributed by atoms with Crippen molar-refractivity contribution >= 4 is 0 Å². The average Bonchev–Trinajstić information content (AvgIpc) is 2.85. The van der Waals surface area contributed by atoms with Gasteiger partial charge in [0.25, 0.3) is 0 Å². The van der Waals surface area contributed by atoms with Gasteiger partial charge in [-0.2, -0.15) is 5.10 Å². The Morgan fingerprint density at radius 3 is 2.88 bits per heavy atom. The van der Waals surface area contributed by atoms with Crippen LogP contribution >= 0.6 is 0 Å². The van der Waals surface area contributed by atoms with Crippen LogP contribution in [0.2, 0.25) is 0 Å². The fraction of sp³-hybridized carbons (Fsp3) is 0.500. The maximum Gasteiger partial charge on any atom is 0.107 e. The summed E-state index contributed by atoms with van der Waals surface area (Å²) in [7, 11) is 1.90. The van der Waals surface area contributed by atoms with Crippen LogP contribution in [-0.4, -0.2) is 31.3 Å². The van der Waals surface area contributed by atoms with Crippen molar-refractivity contribution in [2.24, 2.45) is 12.8 Å². The third-order valence-electron chi connectivity index (χ3n) is 2.41. The highest BCUT2D eigenvalue weighted by atomic mass is 15.4. The van der Waals surface area contributed by atoms with Crippen LogP contribution in [-0.2, 0) is 19.9 Å². The summed E-state index contributed by atoms with van der Waals surface area (Å²) < 4.78 is 3.55. The molecule has 0 aliphatic carbocycles. The van der Waals surface area contributed by atoms with E-state index in [9.17, 15) is 0 Å². The summed E-state index contributed by atoms with van der Waals surface area (Å²) in [6.07, 6.45) is 5.48. The van der Waals surface area contributed by atoms with Gasteiger partial charge in [0.2, 0.25) is 0 Å². The molecule has 0 aromatic carbocycles. The highest BCUT2D eigenvalue weighted by molar-refractivity contribution is 5.33. The molecule has 0 fully saturated rings. The number of nitrogens with zero attached hydrogens (tertiary/aromatic N) is 5. The van der Waals surface area contributed by atoms with E-state index in [4.69, 9.17) is 5.73 Å². The molecule has 2 aromatic heterocycles. The monoisotopic (exact) mass is 220 g/mol. The molecule has 2 rings (SSSR count). The first-order valence-corrected chi connectivity index (χ1v) is 5.38. The minimum atomic E-state index is 0.590. The van der Waals surface area contributed by atoms with Crippen LogP contribution < -0.4 is 5.73 Å². The third-order valence-corrected chi connectivity index (χ3v) is 2.41. The lowest BCUT2D eigenvalue weighted by atomic mass is 10.3. The van der Waals surface area contributed by atoms with Gasteiger partial charge in [-0.25, -0.2) is 4.68 Å². The molecule has 0 atom stereocenters. The van der Waals surface area contributed by atoms with Gasteiger partial charge < -0.3 is 5.73 Å². The molecule has 0 amide bonds. The van der Waals surface area contributed by atoms with Crippen molar-refractivity contribution in [3.8, 4) is 5.69 Å². The van der Waals surface area contributed by atoms with Crippen LogP contribution in [0.15, 0.2) is 12.4 Å². The second kappa shape index (κ2) is 4.44. The standard InChI is InChI=1S/C10H16N6/c1-3-9-10(7-15(2)13-9)16-6-8(4-5-11)12-14-16/h6-7H,3-5,11H2,1-2H3. The predicted molar refractivity (Wildman–Crippen MR) is 60.3 cm³/mol. The zero-order chi connectivity index (χ0) is 11.5. The maximum absolute atomic E-state index is 5.48. The highest BCUT2D eigenvalue weighted by Gasteiger charge is 2.09. The molecule has 0 spiro atoms. The van der Waals surface area contributed by atoms with Gasteiger partial charge in [-0.3, -0.25) is 4.68 Å². The molecule has 86 valence electrons. The lowest BCUT2D eigenvalue weighted by Crippen LogP contribution is -2.02. The first-order chi connectivity index (χ1) is 7.74. The van der Waals surface area contributed by atoms with Crippen molar-refractivity contribution in [1.82, 2.24) is 24.8 Å². The number of nitrogens with two attached hydrogens (primary N) is 1. The van der Waals surface area contributed by atoms with Gasteiger partial charge >= 0.3 is 0 Å². The Kier molecular flexibility index (Phi) is 3.00. The largest absolute Gasteiger partial charge is 0.330 e. The van der Waals surface area contributed by atoms with E-state index in [1.165, 1.54) is 0 Å². The quantitative estimate of drug-likeness (QED) is 0.791. The Balaban J connectivity index is 2.34. The minimum Gasteiger partial charge on any atom is -0.330 e. The Bertz CT molecular complexity index is 469. The molecule has 6 heteroatoms. The molecule has 0 radical (unpaired) electrons. The normalized spacial score (nSPS) is 10.9. The topological polar surface area (TPSA) is 74.5 Å². The van der Waals surface area contributed by atoms with E-state index in [0.29, 0.717) is 6.54 Å². The van der Waals surface area contributed by atoms with Gasteiger partial charge in [-0.1, -0.05) is 12.1 Å². The Morgan fingerprint density at radius 1 is 1.38 bits per heavy atom. The van der Waals surface area contributed by atoms with Crippen molar-refractivity contribution in [2.45, 2.75) is 19.8 Å². The van der Waals surface area contributed by atoms with Crippen molar-refractivity contribution < 1.29 is 0 Å². The zero-order valence-corrected chi connectivity index (χ0v) is 9.59. The van der Waals surface area contributed by atoms with Crippen LogP contribution in [0.5, 0.6) is 0 Å². The van der Waals surface area contributed by atoms with E-state index >= 15 is 0 Å². The summed E-state index contributed by atoms with van der Waals surface area (Å²) in [4.78, 5) is 0. The van der Waals surface area contributed by atoms with Crippen molar-refractivity contribution in [3.63, 3.8) is 0 Å². The molecule has 2 heterocycles. The molecule has 16 heavy (non-hydrogen) atoms. The van der Waals surface area contributed by atoms with Crippen LogP contribution in [0.4, 0.5) is 0 Å². The molecular weight excluding hydrogens is 204 g/mol. The first-order valence-electron chi connectivity index (χ1n) is 5.38. The molecule has 0 aliphatic heterocycles. The van der Waals surface area contributed by atoms with E-state index in [1.807, 2.05) is 19.4 Å². The Labute approximate surface area is 94.1 Å². The van der Waals surface area contributed by atoms with Crippen LogP contribution in [0.3, 0.4) is 0 Å². The van der Waals surface area contributed by atoms with Gasteiger partial charge in [0.15, 0.2) is 0 Å². The lowest BCUT2D eigenvalue weighted by Gasteiger charge is -1.96. The van der Waals surface area contributed by atoms with Gasteiger partial charge in [0.1, 0.15) is 5.69 Å². The number of aromatic nitrogens is 5. The highest BCUT2D eigenvalue weighted by Crippen LogP contribution is 2.12. The van der Waals surface area contributed by atoms with Crippen LogP contribution in [0, 0.1) is 0 Å². The van der Waals surface area contributed by atoms with E-state index in [-0.39, 0.29) is 0 Å². The molecule has 2 aromatic rings. The molecular formula is C10H16N6. The van der Waals surface area contributed by atoms with E-state index in [2.05, 4.69) is 22.3 Å². The van der Waals surface area contributed by atoms with Crippen molar-refractivity contribution in [3.05, 3.63) is 23.8 Å². The second-order valence-corrected chi connectivity index (χ2v) is 3.68. The van der Waals surface area contributed by atoms with Crippen molar-refractivity contribution in [2.75, 3.05) is 6.54 Å². The number of aryl methyl sites for hydroxylation is 2. The summed E-state index contributed by atoms with van der Waals surface area (Å²) in [6, 6.07) is 0. The summed E-state index contributed by atoms with van der Waals surface area (Å²) in [5, 5.41) is 12.5. The fourth-order valence-electron chi connectivity index (χ4n) is 1.64. The molecule has 0 saturated carbocycles. The molecule has 0 saturated heterocycles. The lowest BCUT2D eigenvalue weighted by molar-refractivity contribution is 0.746. The molecule has 2 N–H and O–H groups in total. The summed E-state index contributed by atoms with van der Waals surface area (Å²) in [5.74, 6) is 0. The molecule has 0 unspecified atom stereocenters. The second-order valence-electron chi connectivity index (χ2n) is 3.68. The Hall–Kier alpha value is -1.69. The van der Waals surface area contributed by atoms with Crippen LogP contribution in [0.25, 0.3) is 5.69 Å². The molecule has 0 aliphatic rings. The number of rotatable bonds is 4. The number of hydrogen-bond donors (Lipinski definition) is 1. The summed E-state index contributed by atoms with van der Waals surface area (Å²) in [6.45, 7) is 2.66. The molecule has 0 bridgehead atoms. The SMILES string of the molecule is CCc1nn(C)cc1-n1cc(CCN)nn1. The summed E-state index contributed by atoms with van der Waals surface area (Å²) >= 11 is 0. The van der Waals surface area contributed by atoms with Crippen molar-refractivity contribution in [1.29, 1.82) is 0 Å². The maximum atomic E-state index is 5.48. The predicted octanol–water partition coefficient (Wildman–Crippen LogP) is 0.0644. The van der Waals surface area contributed by atoms with Gasteiger partial charge in [-0.15, -0.1) is 5.10 Å². The number of hydrogen-bond acceptors (Lipinski definition) is 4. The first kappa shape index (κ1) is 10.8. The zero-order valence-electron chi connectivity index (χ0n) is 9.59. The smallest absolute Gasteiger partial charge is 0.107 e. The van der Waals surface area contributed by atoms with Gasteiger partial charge in [0.05, 0.1) is 23.8 Å². The third kappa shape index (κ3) is 1.96. The van der Waals surface area contributed by atoms with E-state index in [0.717, 1.165) is 29.9 Å².